The summed E-state index contributed by atoms with van der Waals surface area (Å²) in [6.45, 7) is 0. The first-order valence-electron chi connectivity index (χ1n) is 31.4. The van der Waals surface area contributed by atoms with Crippen molar-refractivity contribution in [2.45, 2.75) is 38.0 Å². The molecule has 0 radical (unpaired) electrons. The molecule has 0 saturated carbocycles. The molecular weight excluding hydrogens is 1360 g/mol. The van der Waals surface area contributed by atoms with E-state index >= 15 is 4.39 Å². The summed E-state index contributed by atoms with van der Waals surface area (Å²) in [5.41, 5.74) is 15.4. The third-order valence-electron chi connectivity index (χ3n) is 17.6. The molecule has 1 aliphatic carbocycles. The van der Waals surface area contributed by atoms with E-state index in [4.69, 9.17) is 38.7 Å². The van der Waals surface area contributed by atoms with Crippen LogP contribution in [0.1, 0.15) is 62.0 Å². The second-order valence-corrected chi connectivity index (χ2v) is 27.9. The normalized spacial score (nSPS) is 13.1. The molecule has 1 atom stereocenters. The minimum Gasteiger partial charge on any atom is -0.469 e. The van der Waals surface area contributed by atoms with E-state index in [9.17, 15) is 49.2 Å². The molecule has 2 amide bonds. The van der Waals surface area contributed by atoms with Crippen LogP contribution in [0, 0.1) is 23.3 Å². The number of aromatic nitrogens is 3. The van der Waals surface area contributed by atoms with Crippen LogP contribution in [0.4, 0.5) is 34.6 Å². The molecular formula is C74H68F4N8O14S2. The van der Waals surface area contributed by atoms with E-state index in [2.05, 4.69) is 15.4 Å². The van der Waals surface area contributed by atoms with Gasteiger partial charge in [0.25, 0.3) is 11.8 Å². The fourth-order valence-corrected chi connectivity index (χ4v) is 13.3. The number of nitrogens with two attached hydrogens (primary N) is 1. The summed E-state index contributed by atoms with van der Waals surface area (Å²) in [5, 5.41) is 6.40. The van der Waals surface area contributed by atoms with Gasteiger partial charge in [0, 0.05) is 111 Å². The number of pyridine rings is 2. The molecule has 5 aromatic heterocycles. The molecule has 6 aromatic carbocycles. The van der Waals surface area contributed by atoms with E-state index in [1.165, 1.54) is 129 Å². The zero-order chi connectivity index (χ0) is 73.4. The first kappa shape index (κ1) is 72.1. The summed E-state index contributed by atoms with van der Waals surface area (Å²) in [6.07, 6.45) is 4.38. The lowest BCUT2D eigenvalue weighted by Gasteiger charge is -2.28. The van der Waals surface area contributed by atoms with Gasteiger partial charge in [-0.1, -0.05) is 24.3 Å². The number of benzene rings is 6. The van der Waals surface area contributed by atoms with Crippen molar-refractivity contribution in [2.24, 2.45) is 0 Å². The van der Waals surface area contributed by atoms with Crippen molar-refractivity contribution >= 4 is 105 Å². The second kappa shape index (κ2) is 29.2. The highest BCUT2D eigenvalue weighted by molar-refractivity contribution is 7.92. The molecule has 0 spiro atoms. The highest BCUT2D eigenvalue weighted by atomic mass is 32.2. The molecule has 1 unspecified atom stereocenters. The van der Waals surface area contributed by atoms with Gasteiger partial charge >= 0.3 is 11.9 Å². The van der Waals surface area contributed by atoms with Crippen molar-refractivity contribution in [2.75, 3.05) is 83.5 Å². The summed E-state index contributed by atoms with van der Waals surface area (Å²) in [6, 6.07) is 35.2. The summed E-state index contributed by atoms with van der Waals surface area (Å²) in [4.78, 5) is 59.3. The number of rotatable bonds is 17. The maximum atomic E-state index is 15.1. The quantitative estimate of drug-likeness (QED) is 0.0434. The largest absolute Gasteiger partial charge is 0.469 e. The van der Waals surface area contributed by atoms with Crippen LogP contribution < -0.4 is 25.0 Å². The number of carbonyl (C=O) groups excluding carboxylic acids is 4. The number of nitrogens with zero attached hydrogens (tertiary/aromatic N) is 5. The number of ether oxygens (including phenoxy) is 4. The van der Waals surface area contributed by atoms with E-state index < -0.39 is 61.6 Å². The van der Waals surface area contributed by atoms with Crippen LogP contribution in [0.25, 0.3) is 101 Å². The Hall–Kier alpha value is -11.2. The monoisotopic (exact) mass is 1430 g/mol. The Morgan fingerprint density at radius 3 is 1.61 bits per heavy atom. The van der Waals surface area contributed by atoms with Crippen LogP contribution in [0.5, 0.6) is 0 Å². The van der Waals surface area contributed by atoms with Crippen LogP contribution in [0.15, 0.2) is 148 Å². The Morgan fingerprint density at radius 1 is 0.618 bits per heavy atom. The van der Waals surface area contributed by atoms with Gasteiger partial charge in [-0.3, -0.25) is 27.8 Å². The Morgan fingerprint density at radius 2 is 1.12 bits per heavy atom. The first-order chi connectivity index (χ1) is 48.6. The second-order valence-electron chi connectivity index (χ2n) is 23.9. The molecule has 0 fully saturated rings. The van der Waals surface area contributed by atoms with Crippen molar-refractivity contribution in [3.05, 3.63) is 196 Å². The average molecular weight is 1430 g/mol. The molecule has 102 heavy (non-hydrogen) atoms. The van der Waals surface area contributed by atoms with Crippen LogP contribution in [0.2, 0.25) is 0 Å². The number of allylic oxidation sites excluding steroid dienone is 1. The number of sulfonamides is 2. The van der Waals surface area contributed by atoms with Crippen molar-refractivity contribution in [3.8, 4) is 56.6 Å². The van der Waals surface area contributed by atoms with Gasteiger partial charge in [0.2, 0.25) is 20.0 Å². The number of hydrogen-bond acceptors (Lipinski definition) is 17. The number of nitrogen functional groups attached to an aromatic ring is 1. The zero-order valence-electron chi connectivity index (χ0n) is 56.7. The Labute approximate surface area is 583 Å². The smallest absolute Gasteiger partial charge is 0.310 e. The fraction of sp³-hybridized carbons (Fsp3) is 0.216. The minimum atomic E-state index is -3.79. The van der Waals surface area contributed by atoms with Crippen molar-refractivity contribution in [3.63, 3.8) is 0 Å². The number of fused-ring (bicyclic) bond motifs is 8. The number of furan rings is 2. The fourth-order valence-electron chi connectivity index (χ4n) is 12.3. The topological polar surface area (TPSA) is 287 Å². The van der Waals surface area contributed by atoms with Crippen LogP contribution in [0.3, 0.4) is 0 Å². The SMILES string of the molecule is CNC(=O)c1c(-c2ccc(F)cc2)oc2cc(N(C)S(C)(=O)=O)c(-c3ccc(N)c(C4=Cc5c(F)cccc5C4)n3)cc12.CNC(=O)c1c(-c2ccc(F)cc2)oc2cc(N(C)S(C)(=O)=O)c(-c3ccc4c(n3)-c3cc5c(F)cccc5n3C(CC(=O)OC)C4)cc12.COC(=O)CC(OC)OC. The van der Waals surface area contributed by atoms with Crippen molar-refractivity contribution < 1.29 is 81.4 Å². The van der Waals surface area contributed by atoms with Gasteiger partial charge in [-0.25, -0.2) is 44.4 Å². The molecule has 28 heteroatoms. The highest BCUT2D eigenvalue weighted by Gasteiger charge is 2.34. The number of methoxy groups -OCH3 is 4. The van der Waals surface area contributed by atoms with E-state index in [1.54, 1.807) is 60.7 Å². The number of halogens is 4. The lowest BCUT2D eigenvalue weighted by molar-refractivity contribution is -0.156. The molecule has 1 aliphatic heterocycles. The minimum absolute atomic E-state index is 0.0596. The maximum Gasteiger partial charge on any atom is 0.310 e. The number of anilines is 3. The van der Waals surface area contributed by atoms with Gasteiger partial charge < -0.3 is 48.7 Å². The highest BCUT2D eigenvalue weighted by Crippen LogP contribution is 2.47. The molecule has 11 aromatic rings. The summed E-state index contributed by atoms with van der Waals surface area (Å²) < 4.78 is 144. The molecule has 4 N–H and O–H groups in total. The molecule has 2 aliphatic rings. The maximum absolute atomic E-state index is 15.1. The third-order valence-corrected chi connectivity index (χ3v) is 20.0. The zero-order valence-corrected chi connectivity index (χ0v) is 58.3. The van der Waals surface area contributed by atoms with Gasteiger partial charge in [0.1, 0.15) is 46.0 Å². The van der Waals surface area contributed by atoms with E-state index in [-0.39, 0.29) is 75.9 Å². The Kier molecular flexibility index (Phi) is 20.6. The van der Waals surface area contributed by atoms with E-state index in [0.717, 1.165) is 32.2 Å². The van der Waals surface area contributed by atoms with Gasteiger partial charge in [-0.15, -0.1) is 0 Å². The summed E-state index contributed by atoms with van der Waals surface area (Å²) in [5.74, 6) is -2.96. The van der Waals surface area contributed by atoms with Gasteiger partial charge in [-0.05, 0) is 132 Å². The molecule has 22 nitrogen and oxygen atoms in total. The van der Waals surface area contributed by atoms with Crippen molar-refractivity contribution in [1.82, 2.24) is 25.2 Å². The number of esters is 2. The first-order valence-corrected chi connectivity index (χ1v) is 35.1. The predicted molar refractivity (Wildman–Crippen MR) is 380 cm³/mol. The van der Waals surface area contributed by atoms with Crippen molar-refractivity contribution in [1.29, 1.82) is 0 Å². The molecule has 528 valence electrons. The average Bonchev–Trinajstić information content (AvgIpc) is 1.54. The molecule has 0 saturated heterocycles. The third kappa shape index (κ3) is 14.3. The number of carbonyl (C=O) groups is 4. The summed E-state index contributed by atoms with van der Waals surface area (Å²) in [7, 11) is 3.80. The molecule has 6 heterocycles. The predicted octanol–water partition coefficient (Wildman–Crippen LogP) is 12.5. The van der Waals surface area contributed by atoms with Gasteiger partial charge in [0.05, 0.1) is 102 Å². The van der Waals surface area contributed by atoms with Crippen LogP contribution in [-0.2, 0) is 61.4 Å². The lowest BCUT2D eigenvalue weighted by atomic mass is 9.94. The standard InChI is InChI=1S/C36H30F2N4O6S.C32H26F2N4O4S.C6H12O4/c1-39-36(44)33-25-16-24(29(41(2)49(4,45)46)18-31(25)48-35(33)19-8-11-21(37)12-9-19)27-13-10-20-14-22(15-32(43)47-3)42-28-7-5-6-26(38)23(28)17-30(42)34(20)40-27;1-36-32(39)29-23-15-22(26-12-11-25(35)30(37-26)19-13-18-5-4-6-24(34)21(18)14-19)27(38(2)43(3,40)41)16-28(23)42-31(29)17-7-9-20(33)10-8-17;1-8-5(7)4-6(9-2)10-3/h5-13,16-18,22H,14-15H2,1-4H3,(H,39,44);4-12,14-16H,13,35H2,1-3H3,(H,36,39);6H,4H2,1-3H3. The molecule has 0 bridgehead atoms. The van der Waals surface area contributed by atoms with Gasteiger partial charge in [0.15, 0.2) is 6.29 Å². The lowest BCUT2D eigenvalue weighted by Crippen LogP contribution is -2.25. The van der Waals surface area contributed by atoms with Crippen LogP contribution >= 0.6 is 0 Å². The number of hydrogen-bond donors (Lipinski definition) is 3. The van der Waals surface area contributed by atoms with Crippen LogP contribution in [-0.4, -0.2) is 131 Å². The number of amides is 2. The summed E-state index contributed by atoms with van der Waals surface area (Å²) >= 11 is 0. The molecule has 13 rings (SSSR count). The Balaban J connectivity index is 0.000000182. The van der Waals surface area contributed by atoms with E-state index in [1.807, 2.05) is 16.7 Å². The number of nitrogens with one attached hydrogen (secondary N) is 2. The van der Waals surface area contributed by atoms with E-state index in [0.29, 0.717) is 102 Å². The Bertz CT molecular complexity index is 5420. The van der Waals surface area contributed by atoms with Gasteiger partial charge in [-0.2, -0.15) is 0 Å².